The van der Waals surface area contributed by atoms with Crippen molar-refractivity contribution in [2.45, 2.75) is 44.8 Å². The Morgan fingerprint density at radius 2 is 2.24 bits per heavy atom. The molecule has 0 radical (unpaired) electrons. The van der Waals surface area contributed by atoms with E-state index in [-0.39, 0.29) is 5.60 Å². The summed E-state index contributed by atoms with van der Waals surface area (Å²) in [6.07, 6.45) is 2.76. The number of hydrogen-bond acceptors (Lipinski definition) is 2. The largest absolute Gasteiger partial charge is 0.375 e. The molecule has 0 spiro atoms. The molecular weight excluding hydrogens is 307 g/mol. The molecule has 0 aliphatic carbocycles. The number of ether oxygens (including phenoxy) is 1. The van der Waals surface area contributed by atoms with Crippen molar-refractivity contribution in [3.8, 4) is 0 Å². The van der Waals surface area contributed by atoms with Crippen molar-refractivity contribution in [3.05, 3.63) is 29.0 Å². The van der Waals surface area contributed by atoms with Crippen LogP contribution in [0.4, 0.5) is 0 Å². The average Bonchev–Trinajstić information content (AvgIpc) is 2.75. The molecule has 1 aromatic heterocycles. The molecule has 0 saturated carbocycles. The number of alkyl halides is 1. The summed E-state index contributed by atoms with van der Waals surface area (Å²) in [5.41, 5.74) is 2.00. The van der Waals surface area contributed by atoms with E-state index in [2.05, 4.69) is 24.5 Å². The number of nitrogens with zero attached hydrogens (tertiary/aromatic N) is 2. The van der Waals surface area contributed by atoms with Gasteiger partial charge in [-0.3, -0.25) is 0 Å². The second kappa shape index (κ2) is 5.79. The number of rotatable bonds is 3. The molecule has 1 saturated heterocycles. The summed E-state index contributed by atoms with van der Waals surface area (Å²) >= 11 is 12.1. The van der Waals surface area contributed by atoms with Gasteiger partial charge in [0.25, 0.3) is 0 Å². The van der Waals surface area contributed by atoms with Gasteiger partial charge in [-0.1, -0.05) is 11.6 Å². The molecule has 1 aliphatic rings. The lowest BCUT2D eigenvalue weighted by Crippen LogP contribution is -2.35. The van der Waals surface area contributed by atoms with Gasteiger partial charge in [0.05, 0.1) is 16.6 Å². The highest BCUT2D eigenvalue weighted by molar-refractivity contribution is 6.31. The van der Waals surface area contributed by atoms with Crippen LogP contribution in [0.2, 0.25) is 5.02 Å². The molecule has 1 fully saturated rings. The van der Waals surface area contributed by atoms with Gasteiger partial charge in [-0.15, -0.1) is 11.6 Å². The minimum Gasteiger partial charge on any atom is -0.375 e. The first-order valence-electron chi connectivity index (χ1n) is 7.36. The third-order valence-electron chi connectivity index (χ3n) is 4.08. The summed E-state index contributed by atoms with van der Waals surface area (Å²) in [6, 6.07) is 6.32. The molecule has 3 nitrogen and oxygen atoms in total. The molecule has 2 aromatic rings. The second-order valence-corrected chi connectivity index (χ2v) is 7.04. The van der Waals surface area contributed by atoms with E-state index < -0.39 is 0 Å². The maximum absolute atomic E-state index is 6.09. The number of aromatic nitrogens is 2. The van der Waals surface area contributed by atoms with Crippen LogP contribution in [0.25, 0.3) is 11.0 Å². The minimum absolute atomic E-state index is 0.0931. The molecule has 1 aliphatic heterocycles. The number of benzene rings is 1. The van der Waals surface area contributed by atoms with E-state index in [0.717, 1.165) is 47.7 Å². The molecule has 0 bridgehead atoms. The van der Waals surface area contributed by atoms with Gasteiger partial charge in [-0.25, -0.2) is 4.98 Å². The smallest absolute Gasteiger partial charge is 0.111 e. The summed E-state index contributed by atoms with van der Waals surface area (Å²) in [5, 5.41) is 0.719. The number of aryl methyl sites for hydroxylation is 1. The topological polar surface area (TPSA) is 27.1 Å². The van der Waals surface area contributed by atoms with Gasteiger partial charge < -0.3 is 9.30 Å². The van der Waals surface area contributed by atoms with Crippen LogP contribution < -0.4 is 0 Å². The van der Waals surface area contributed by atoms with Gasteiger partial charge in [0.15, 0.2) is 0 Å². The van der Waals surface area contributed by atoms with Crippen molar-refractivity contribution in [3.63, 3.8) is 0 Å². The Morgan fingerprint density at radius 1 is 1.43 bits per heavy atom. The third kappa shape index (κ3) is 3.05. The fourth-order valence-corrected chi connectivity index (χ4v) is 3.55. The van der Waals surface area contributed by atoms with Crippen LogP contribution in [-0.4, -0.2) is 27.6 Å². The number of fused-ring (bicyclic) bond motifs is 1. The zero-order valence-electron chi connectivity index (χ0n) is 12.4. The number of hydrogen-bond donors (Lipinski definition) is 0. The van der Waals surface area contributed by atoms with Gasteiger partial charge in [0.2, 0.25) is 0 Å². The molecule has 21 heavy (non-hydrogen) atoms. The summed E-state index contributed by atoms with van der Waals surface area (Å²) in [5.74, 6) is 1.62. The lowest BCUT2D eigenvalue weighted by atomic mass is 9.93. The van der Waals surface area contributed by atoms with Crippen molar-refractivity contribution in [1.29, 1.82) is 0 Å². The Morgan fingerprint density at radius 3 is 2.95 bits per heavy atom. The Labute approximate surface area is 135 Å². The van der Waals surface area contributed by atoms with Crippen LogP contribution in [0.15, 0.2) is 18.2 Å². The highest BCUT2D eigenvalue weighted by Crippen LogP contribution is 2.35. The molecule has 1 unspecified atom stereocenters. The van der Waals surface area contributed by atoms with E-state index in [9.17, 15) is 0 Å². The Kier molecular flexibility index (Phi) is 4.17. The summed E-state index contributed by atoms with van der Waals surface area (Å²) in [7, 11) is 0. The van der Waals surface area contributed by atoms with Crippen LogP contribution in [-0.2, 0) is 11.2 Å². The van der Waals surface area contributed by atoms with Crippen molar-refractivity contribution in [1.82, 2.24) is 9.55 Å². The van der Waals surface area contributed by atoms with Crippen LogP contribution >= 0.6 is 23.2 Å². The fraction of sp³-hybridized carbons (Fsp3) is 0.562. The molecule has 3 rings (SSSR count). The van der Waals surface area contributed by atoms with Crippen molar-refractivity contribution >= 4 is 34.2 Å². The first-order valence-corrected chi connectivity index (χ1v) is 8.28. The van der Waals surface area contributed by atoms with Gasteiger partial charge >= 0.3 is 0 Å². The monoisotopic (exact) mass is 326 g/mol. The average molecular weight is 327 g/mol. The van der Waals surface area contributed by atoms with Crippen molar-refractivity contribution in [2.75, 3.05) is 12.5 Å². The lowest BCUT2D eigenvalue weighted by molar-refractivity contribution is -0.0688. The summed E-state index contributed by atoms with van der Waals surface area (Å²) in [4.78, 5) is 4.74. The van der Waals surface area contributed by atoms with E-state index in [4.69, 9.17) is 32.9 Å². The van der Waals surface area contributed by atoms with Crippen LogP contribution in [0.5, 0.6) is 0 Å². The quantitative estimate of drug-likeness (QED) is 0.770. The Hall–Kier alpha value is -0.770. The summed E-state index contributed by atoms with van der Waals surface area (Å²) in [6.45, 7) is 5.08. The Bertz CT molecular complexity index is 651. The van der Waals surface area contributed by atoms with Gasteiger partial charge in [-0.05, 0) is 44.9 Å². The molecule has 5 heteroatoms. The molecule has 2 heterocycles. The Balaban J connectivity index is 2.08. The van der Waals surface area contributed by atoms with Crippen molar-refractivity contribution < 1.29 is 4.74 Å². The standard InChI is InChI=1S/C16H20Cl2N2O/c1-16(2)10-12(6-8-21-16)20-14-4-3-11(18)9-13(14)19-15(20)5-7-17/h3-4,9,12H,5-8,10H2,1-2H3. The zero-order chi connectivity index (χ0) is 15.0. The molecule has 0 amide bonds. The maximum Gasteiger partial charge on any atom is 0.111 e. The molecule has 0 N–H and O–H groups in total. The maximum atomic E-state index is 6.09. The van der Waals surface area contributed by atoms with Crippen LogP contribution in [0, 0.1) is 0 Å². The van der Waals surface area contributed by atoms with Gasteiger partial charge in [-0.2, -0.15) is 0 Å². The van der Waals surface area contributed by atoms with Crippen LogP contribution in [0.3, 0.4) is 0 Å². The van der Waals surface area contributed by atoms with E-state index in [1.165, 1.54) is 0 Å². The highest BCUT2D eigenvalue weighted by Gasteiger charge is 2.31. The normalized spacial score (nSPS) is 21.8. The van der Waals surface area contributed by atoms with Crippen molar-refractivity contribution in [2.24, 2.45) is 0 Å². The zero-order valence-corrected chi connectivity index (χ0v) is 13.9. The second-order valence-electron chi connectivity index (χ2n) is 6.22. The minimum atomic E-state index is -0.0931. The SMILES string of the molecule is CC1(C)CC(n2c(CCCl)nc3cc(Cl)ccc32)CCO1. The fourth-order valence-electron chi connectivity index (χ4n) is 3.21. The predicted molar refractivity (Wildman–Crippen MR) is 87.5 cm³/mol. The summed E-state index contributed by atoms with van der Waals surface area (Å²) < 4.78 is 8.19. The highest BCUT2D eigenvalue weighted by atomic mass is 35.5. The van der Waals surface area contributed by atoms with Gasteiger partial charge in [0.1, 0.15) is 5.82 Å². The predicted octanol–water partition coefficient (Wildman–Crippen LogP) is 4.60. The molecule has 1 atom stereocenters. The number of imidazole rings is 1. The third-order valence-corrected chi connectivity index (χ3v) is 4.50. The van der Waals surface area contributed by atoms with E-state index >= 15 is 0 Å². The van der Waals surface area contributed by atoms with E-state index in [0.29, 0.717) is 11.9 Å². The van der Waals surface area contributed by atoms with E-state index in [1.807, 2.05) is 12.1 Å². The number of halogens is 2. The van der Waals surface area contributed by atoms with Crippen LogP contribution in [0.1, 0.15) is 38.6 Å². The molecule has 114 valence electrons. The first kappa shape index (κ1) is 15.1. The lowest BCUT2D eigenvalue weighted by Gasteiger charge is -2.37. The van der Waals surface area contributed by atoms with E-state index in [1.54, 1.807) is 0 Å². The first-order chi connectivity index (χ1) is 10.00. The molecule has 1 aromatic carbocycles. The molecular formula is C16H20Cl2N2O. The van der Waals surface area contributed by atoms with Gasteiger partial charge in [0, 0.05) is 30.0 Å².